The van der Waals surface area contributed by atoms with E-state index in [1.807, 2.05) is 51.1 Å². The summed E-state index contributed by atoms with van der Waals surface area (Å²) in [6.45, 7) is 5.73. The smallest absolute Gasteiger partial charge is 0.230 e. The van der Waals surface area contributed by atoms with Crippen molar-refractivity contribution in [3.8, 4) is 0 Å². The molecule has 1 aromatic carbocycles. The van der Waals surface area contributed by atoms with Crippen LogP contribution in [0.2, 0.25) is 5.02 Å². The minimum Gasteiger partial charge on any atom is -0.349 e. The molecule has 1 heterocycles. The van der Waals surface area contributed by atoms with Gasteiger partial charge in [-0.1, -0.05) is 29.8 Å². The van der Waals surface area contributed by atoms with Crippen molar-refractivity contribution in [1.29, 1.82) is 0 Å². The average molecular weight is 303 g/mol. The second-order valence-corrected chi connectivity index (χ2v) is 6.05. The molecule has 110 valence electrons. The number of halogens is 1. The predicted molar refractivity (Wildman–Crippen MR) is 85.3 cm³/mol. The van der Waals surface area contributed by atoms with Crippen LogP contribution in [0.15, 0.2) is 48.8 Å². The maximum Gasteiger partial charge on any atom is 0.230 e. The number of amides is 1. The summed E-state index contributed by atoms with van der Waals surface area (Å²) in [5.74, 6) is -0.0406. The summed E-state index contributed by atoms with van der Waals surface area (Å²) in [7, 11) is 0. The van der Waals surface area contributed by atoms with Gasteiger partial charge in [-0.2, -0.15) is 0 Å². The van der Waals surface area contributed by atoms with Gasteiger partial charge in [0.1, 0.15) is 0 Å². The monoisotopic (exact) mass is 302 g/mol. The lowest BCUT2D eigenvalue weighted by Gasteiger charge is -2.26. The van der Waals surface area contributed by atoms with Crippen LogP contribution in [0.3, 0.4) is 0 Å². The minimum absolute atomic E-state index is 0.0406. The van der Waals surface area contributed by atoms with E-state index < -0.39 is 5.41 Å². The number of carbonyl (C=O) groups is 1. The number of hydrogen-bond donors (Lipinski definition) is 1. The first-order valence-electron chi connectivity index (χ1n) is 6.88. The Labute approximate surface area is 130 Å². The summed E-state index contributed by atoms with van der Waals surface area (Å²) in [6, 6.07) is 11.1. The molecule has 0 unspecified atom stereocenters. The molecule has 0 aliphatic rings. The van der Waals surface area contributed by atoms with Gasteiger partial charge in [0, 0.05) is 17.4 Å². The molecule has 0 aliphatic heterocycles. The second-order valence-electron chi connectivity index (χ2n) is 5.62. The molecular weight excluding hydrogens is 284 g/mol. The lowest BCUT2D eigenvalue weighted by molar-refractivity contribution is -0.126. The van der Waals surface area contributed by atoms with E-state index in [1.54, 1.807) is 18.5 Å². The molecule has 0 saturated heterocycles. The number of carbonyl (C=O) groups excluding carboxylic acids is 1. The first kappa shape index (κ1) is 15.5. The molecule has 2 aromatic rings. The van der Waals surface area contributed by atoms with E-state index in [4.69, 9.17) is 11.6 Å². The van der Waals surface area contributed by atoms with Gasteiger partial charge in [-0.3, -0.25) is 9.78 Å². The summed E-state index contributed by atoms with van der Waals surface area (Å²) in [6.07, 6.45) is 3.48. The van der Waals surface area contributed by atoms with Crippen LogP contribution >= 0.6 is 11.6 Å². The number of hydrogen-bond acceptors (Lipinski definition) is 2. The van der Waals surface area contributed by atoms with Crippen LogP contribution in [-0.2, 0) is 10.2 Å². The molecule has 1 atom stereocenters. The van der Waals surface area contributed by atoms with Crippen LogP contribution in [0.1, 0.15) is 37.9 Å². The molecule has 0 radical (unpaired) electrons. The number of pyridine rings is 1. The van der Waals surface area contributed by atoms with Crippen LogP contribution in [0.5, 0.6) is 0 Å². The minimum atomic E-state index is -0.651. The Morgan fingerprint density at radius 2 is 2.05 bits per heavy atom. The Hall–Kier alpha value is -1.87. The molecule has 1 N–H and O–H groups in total. The molecule has 0 saturated carbocycles. The zero-order valence-electron chi connectivity index (χ0n) is 12.4. The van der Waals surface area contributed by atoms with Gasteiger partial charge in [0.15, 0.2) is 0 Å². The van der Waals surface area contributed by atoms with Crippen molar-refractivity contribution < 1.29 is 4.79 Å². The molecule has 0 fully saturated rings. The lowest BCUT2D eigenvalue weighted by Crippen LogP contribution is -2.41. The molecule has 1 aromatic heterocycles. The van der Waals surface area contributed by atoms with Crippen molar-refractivity contribution in [3.63, 3.8) is 0 Å². The van der Waals surface area contributed by atoms with Gasteiger partial charge in [0.2, 0.25) is 5.91 Å². The van der Waals surface area contributed by atoms with Gasteiger partial charge in [-0.15, -0.1) is 0 Å². The Balaban J connectivity index is 2.15. The Kier molecular flexibility index (Phi) is 4.63. The summed E-state index contributed by atoms with van der Waals surface area (Å²) in [4.78, 5) is 16.7. The van der Waals surface area contributed by atoms with E-state index in [0.717, 1.165) is 11.1 Å². The van der Waals surface area contributed by atoms with Gasteiger partial charge >= 0.3 is 0 Å². The standard InChI is InChI=1S/C17H19ClN2O/c1-12(13-6-5-9-19-11-13)20-16(21)17(2,3)14-7-4-8-15(18)10-14/h4-12H,1-3H3,(H,20,21)/t12-/m0/s1. The first-order valence-corrected chi connectivity index (χ1v) is 7.26. The zero-order chi connectivity index (χ0) is 15.5. The van der Waals surface area contributed by atoms with Crippen LogP contribution in [-0.4, -0.2) is 10.9 Å². The molecule has 21 heavy (non-hydrogen) atoms. The van der Waals surface area contributed by atoms with Crippen LogP contribution in [0, 0.1) is 0 Å². The van der Waals surface area contributed by atoms with E-state index in [1.165, 1.54) is 0 Å². The van der Waals surface area contributed by atoms with Gasteiger partial charge in [0.05, 0.1) is 11.5 Å². The second kappa shape index (κ2) is 6.27. The Bertz CT molecular complexity index is 626. The average Bonchev–Trinajstić information content (AvgIpc) is 2.48. The number of aromatic nitrogens is 1. The van der Waals surface area contributed by atoms with Crippen molar-refractivity contribution in [2.75, 3.05) is 0 Å². The molecule has 3 nitrogen and oxygen atoms in total. The highest BCUT2D eigenvalue weighted by molar-refractivity contribution is 6.30. The number of rotatable bonds is 4. The SMILES string of the molecule is C[C@H](NC(=O)C(C)(C)c1cccc(Cl)c1)c1cccnc1. The molecular formula is C17H19ClN2O. The maximum absolute atomic E-state index is 12.6. The normalized spacial score (nSPS) is 12.8. The molecule has 0 aliphatic carbocycles. The molecule has 1 amide bonds. The summed E-state index contributed by atoms with van der Waals surface area (Å²) in [5.41, 5.74) is 1.22. The van der Waals surface area contributed by atoms with E-state index in [0.29, 0.717) is 5.02 Å². The van der Waals surface area contributed by atoms with Gasteiger partial charge in [-0.25, -0.2) is 0 Å². The van der Waals surface area contributed by atoms with Gasteiger partial charge < -0.3 is 5.32 Å². The molecule has 0 spiro atoms. The first-order chi connectivity index (χ1) is 9.91. The third-order valence-electron chi connectivity index (χ3n) is 3.65. The topological polar surface area (TPSA) is 42.0 Å². The van der Waals surface area contributed by atoms with E-state index in [-0.39, 0.29) is 11.9 Å². The lowest BCUT2D eigenvalue weighted by atomic mass is 9.83. The highest BCUT2D eigenvalue weighted by Crippen LogP contribution is 2.26. The summed E-state index contributed by atoms with van der Waals surface area (Å²) >= 11 is 6.02. The highest BCUT2D eigenvalue weighted by atomic mass is 35.5. The largest absolute Gasteiger partial charge is 0.349 e. The quantitative estimate of drug-likeness (QED) is 0.931. The predicted octanol–water partition coefficient (Wildman–Crippen LogP) is 3.89. The Morgan fingerprint density at radius 1 is 1.29 bits per heavy atom. The van der Waals surface area contributed by atoms with Crippen LogP contribution < -0.4 is 5.32 Å². The third-order valence-corrected chi connectivity index (χ3v) is 3.88. The van der Waals surface area contributed by atoms with Crippen molar-refractivity contribution in [3.05, 3.63) is 64.9 Å². The Morgan fingerprint density at radius 3 is 2.67 bits per heavy atom. The molecule has 4 heteroatoms. The van der Waals surface area contributed by atoms with E-state index in [9.17, 15) is 4.79 Å². The van der Waals surface area contributed by atoms with Crippen molar-refractivity contribution in [2.24, 2.45) is 0 Å². The molecule has 2 rings (SSSR count). The summed E-state index contributed by atoms with van der Waals surface area (Å²) in [5, 5.41) is 3.67. The third kappa shape index (κ3) is 3.61. The van der Waals surface area contributed by atoms with Gasteiger partial charge in [-0.05, 0) is 50.1 Å². The fourth-order valence-corrected chi connectivity index (χ4v) is 2.29. The number of nitrogens with one attached hydrogen (secondary N) is 1. The van der Waals surface area contributed by atoms with Crippen molar-refractivity contribution in [1.82, 2.24) is 10.3 Å². The van der Waals surface area contributed by atoms with E-state index >= 15 is 0 Å². The fraction of sp³-hybridized carbons (Fsp3) is 0.294. The fourth-order valence-electron chi connectivity index (χ4n) is 2.10. The van der Waals surface area contributed by atoms with E-state index in [2.05, 4.69) is 10.3 Å². The number of nitrogens with zero attached hydrogens (tertiary/aromatic N) is 1. The summed E-state index contributed by atoms with van der Waals surface area (Å²) < 4.78 is 0. The van der Waals surface area contributed by atoms with Crippen LogP contribution in [0.4, 0.5) is 0 Å². The zero-order valence-corrected chi connectivity index (χ0v) is 13.2. The van der Waals surface area contributed by atoms with Crippen molar-refractivity contribution in [2.45, 2.75) is 32.2 Å². The molecule has 0 bridgehead atoms. The number of benzene rings is 1. The highest BCUT2D eigenvalue weighted by Gasteiger charge is 2.30. The van der Waals surface area contributed by atoms with Gasteiger partial charge in [0.25, 0.3) is 0 Å². The van der Waals surface area contributed by atoms with Crippen molar-refractivity contribution >= 4 is 17.5 Å². The maximum atomic E-state index is 12.6. The van der Waals surface area contributed by atoms with Crippen LogP contribution in [0.25, 0.3) is 0 Å².